The summed E-state index contributed by atoms with van der Waals surface area (Å²) < 4.78 is 1.29. The van der Waals surface area contributed by atoms with Crippen molar-refractivity contribution in [1.29, 1.82) is 0 Å². The molecule has 0 bridgehead atoms. The molecule has 1 nitrogen and oxygen atoms in total. The highest BCUT2D eigenvalue weighted by Crippen LogP contribution is 2.17. The van der Waals surface area contributed by atoms with Crippen LogP contribution in [0.1, 0.15) is 30.3 Å². The molecule has 2 rings (SSSR count). The first-order valence-corrected chi connectivity index (χ1v) is 8.15. The molecule has 1 aromatic carbocycles. The summed E-state index contributed by atoms with van der Waals surface area (Å²) in [4.78, 5) is 1.45. The van der Waals surface area contributed by atoms with E-state index in [9.17, 15) is 0 Å². The number of hydrogen-bond acceptors (Lipinski definition) is 2. The lowest BCUT2D eigenvalue weighted by atomic mass is 10.1. The molecule has 0 spiro atoms. The van der Waals surface area contributed by atoms with E-state index in [4.69, 9.17) is 0 Å². The quantitative estimate of drug-likeness (QED) is 0.756. The average Bonchev–Trinajstić information content (AvgIpc) is 2.82. The zero-order valence-electron chi connectivity index (χ0n) is 10.7. The van der Waals surface area contributed by atoms with Crippen molar-refractivity contribution in [2.75, 3.05) is 0 Å². The third-order valence-corrected chi connectivity index (χ3v) is 4.61. The second-order valence-electron chi connectivity index (χ2n) is 4.62. The van der Waals surface area contributed by atoms with Crippen LogP contribution in [0.3, 0.4) is 0 Å². The molecular weight excluding hydrogens is 353 g/mol. The molecule has 1 N–H and O–H groups in total. The number of rotatable bonds is 5. The highest BCUT2D eigenvalue weighted by atomic mass is 127. The van der Waals surface area contributed by atoms with Crippen molar-refractivity contribution in [3.8, 4) is 0 Å². The lowest BCUT2D eigenvalue weighted by Crippen LogP contribution is -2.30. The van der Waals surface area contributed by atoms with Crippen molar-refractivity contribution in [2.24, 2.45) is 0 Å². The number of nitrogens with one attached hydrogen (secondary N) is 1. The Kier molecular flexibility index (Phi) is 5.21. The van der Waals surface area contributed by atoms with Crippen LogP contribution in [0.15, 0.2) is 41.8 Å². The van der Waals surface area contributed by atoms with Gasteiger partial charge in [-0.2, -0.15) is 0 Å². The first-order valence-electron chi connectivity index (χ1n) is 6.19. The Bertz CT molecular complexity index is 464. The molecule has 1 aromatic heterocycles. The molecule has 0 aliphatic carbocycles. The van der Waals surface area contributed by atoms with Crippen molar-refractivity contribution >= 4 is 33.9 Å². The predicted molar refractivity (Wildman–Crippen MR) is 88.2 cm³/mol. The van der Waals surface area contributed by atoms with Gasteiger partial charge in [0.1, 0.15) is 0 Å². The minimum absolute atomic E-state index is 0.400. The van der Waals surface area contributed by atoms with Crippen molar-refractivity contribution in [3.05, 3.63) is 55.8 Å². The van der Waals surface area contributed by atoms with Crippen LogP contribution in [-0.2, 0) is 6.42 Å². The molecule has 0 aliphatic rings. The molecule has 2 atom stereocenters. The summed E-state index contributed by atoms with van der Waals surface area (Å²) >= 11 is 4.18. The van der Waals surface area contributed by atoms with E-state index in [1.165, 1.54) is 14.0 Å². The normalized spacial score (nSPS) is 14.4. The fourth-order valence-corrected chi connectivity index (χ4v) is 3.26. The van der Waals surface area contributed by atoms with Gasteiger partial charge in [0, 0.05) is 20.5 Å². The maximum absolute atomic E-state index is 3.66. The Morgan fingerprint density at radius 3 is 2.50 bits per heavy atom. The topological polar surface area (TPSA) is 12.0 Å². The molecular formula is C15H18INS. The minimum atomic E-state index is 0.400. The van der Waals surface area contributed by atoms with E-state index in [1.54, 1.807) is 0 Å². The van der Waals surface area contributed by atoms with Crippen LogP contribution in [0.4, 0.5) is 0 Å². The molecule has 0 radical (unpaired) electrons. The molecule has 0 amide bonds. The van der Waals surface area contributed by atoms with Crippen LogP contribution < -0.4 is 5.32 Å². The molecule has 96 valence electrons. The summed E-state index contributed by atoms with van der Waals surface area (Å²) in [6, 6.07) is 14.0. The van der Waals surface area contributed by atoms with E-state index in [0.717, 1.165) is 6.42 Å². The smallest absolute Gasteiger partial charge is 0.0294 e. The van der Waals surface area contributed by atoms with Gasteiger partial charge >= 0.3 is 0 Å². The molecule has 2 unspecified atom stereocenters. The molecule has 0 fully saturated rings. The zero-order chi connectivity index (χ0) is 13.0. The first-order chi connectivity index (χ1) is 8.65. The predicted octanol–water partition coefficient (Wildman–Crippen LogP) is 4.63. The molecule has 18 heavy (non-hydrogen) atoms. The van der Waals surface area contributed by atoms with E-state index >= 15 is 0 Å². The maximum Gasteiger partial charge on any atom is 0.0294 e. The third-order valence-electron chi connectivity index (χ3n) is 2.99. The molecule has 0 saturated carbocycles. The largest absolute Gasteiger partial charge is 0.307 e. The summed E-state index contributed by atoms with van der Waals surface area (Å²) in [5.41, 5.74) is 1.36. The second kappa shape index (κ2) is 6.68. The van der Waals surface area contributed by atoms with Crippen molar-refractivity contribution in [1.82, 2.24) is 5.32 Å². The van der Waals surface area contributed by atoms with E-state index in [0.29, 0.717) is 12.1 Å². The summed E-state index contributed by atoms with van der Waals surface area (Å²) in [5.74, 6) is 0. The van der Waals surface area contributed by atoms with Gasteiger partial charge in [-0.05, 0) is 72.0 Å². The van der Waals surface area contributed by atoms with Gasteiger partial charge in [-0.1, -0.05) is 18.2 Å². The van der Waals surface area contributed by atoms with Crippen LogP contribution in [0.2, 0.25) is 0 Å². The Morgan fingerprint density at radius 2 is 1.89 bits per heavy atom. The van der Waals surface area contributed by atoms with Gasteiger partial charge < -0.3 is 5.32 Å². The Hall–Kier alpha value is -0.390. The van der Waals surface area contributed by atoms with Crippen molar-refractivity contribution in [2.45, 2.75) is 32.4 Å². The minimum Gasteiger partial charge on any atom is -0.307 e. The van der Waals surface area contributed by atoms with Gasteiger partial charge in [0.05, 0.1) is 0 Å². The Balaban J connectivity index is 1.90. The van der Waals surface area contributed by atoms with Gasteiger partial charge in [0.15, 0.2) is 0 Å². The summed E-state index contributed by atoms with van der Waals surface area (Å²) in [6.07, 6.45) is 1.10. The monoisotopic (exact) mass is 371 g/mol. The standard InChI is InChI=1S/C15H18INS/c1-11(10-15-4-3-9-18-15)17-12(2)13-5-7-14(16)8-6-13/h3-9,11-12,17H,10H2,1-2H3. The molecule has 2 aromatic rings. The lowest BCUT2D eigenvalue weighted by Gasteiger charge is -2.20. The van der Waals surface area contributed by atoms with E-state index in [-0.39, 0.29) is 0 Å². The fourth-order valence-electron chi connectivity index (χ4n) is 2.06. The highest BCUT2D eigenvalue weighted by Gasteiger charge is 2.10. The van der Waals surface area contributed by atoms with Gasteiger partial charge in [-0.25, -0.2) is 0 Å². The summed E-state index contributed by atoms with van der Waals surface area (Å²) in [6.45, 7) is 4.48. The van der Waals surface area contributed by atoms with Crippen LogP contribution in [0.25, 0.3) is 0 Å². The van der Waals surface area contributed by atoms with Crippen LogP contribution in [-0.4, -0.2) is 6.04 Å². The van der Waals surface area contributed by atoms with Crippen molar-refractivity contribution in [3.63, 3.8) is 0 Å². The zero-order valence-corrected chi connectivity index (χ0v) is 13.7. The molecule has 0 saturated heterocycles. The van der Waals surface area contributed by atoms with Crippen LogP contribution in [0.5, 0.6) is 0 Å². The first kappa shape index (κ1) is 14.0. The van der Waals surface area contributed by atoms with Gasteiger partial charge in [-0.15, -0.1) is 11.3 Å². The summed E-state index contributed by atoms with van der Waals surface area (Å²) in [5, 5.41) is 5.80. The SMILES string of the molecule is CC(Cc1cccs1)NC(C)c1ccc(I)cc1. The summed E-state index contributed by atoms with van der Waals surface area (Å²) in [7, 11) is 0. The average molecular weight is 371 g/mol. The van der Waals surface area contributed by atoms with E-state index in [1.807, 2.05) is 11.3 Å². The Labute approximate surface area is 127 Å². The Morgan fingerprint density at radius 1 is 1.17 bits per heavy atom. The second-order valence-corrected chi connectivity index (χ2v) is 6.90. The van der Waals surface area contributed by atoms with Gasteiger partial charge in [0.25, 0.3) is 0 Å². The number of benzene rings is 1. The molecule has 0 aliphatic heterocycles. The number of hydrogen-bond donors (Lipinski definition) is 1. The van der Waals surface area contributed by atoms with Crippen molar-refractivity contribution < 1.29 is 0 Å². The van der Waals surface area contributed by atoms with Gasteiger partial charge in [0.2, 0.25) is 0 Å². The van der Waals surface area contributed by atoms with E-state index in [2.05, 4.69) is 83.5 Å². The number of thiophene rings is 1. The molecule has 3 heteroatoms. The van der Waals surface area contributed by atoms with E-state index < -0.39 is 0 Å². The van der Waals surface area contributed by atoms with Gasteiger partial charge in [-0.3, -0.25) is 0 Å². The van der Waals surface area contributed by atoms with Crippen LogP contribution >= 0.6 is 33.9 Å². The molecule has 1 heterocycles. The lowest BCUT2D eigenvalue weighted by molar-refractivity contribution is 0.479. The van der Waals surface area contributed by atoms with Crippen LogP contribution in [0, 0.1) is 3.57 Å². The third kappa shape index (κ3) is 4.07. The number of halogens is 1. The maximum atomic E-state index is 3.66. The highest BCUT2D eigenvalue weighted by molar-refractivity contribution is 14.1. The fraction of sp³-hybridized carbons (Fsp3) is 0.333.